The van der Waals surface area contributed by atoms with Crippen LogP contribution in [0.1, 0.15) is 12.5 Å². The molecule has 138 valence electrons. The third-order valence-electron chi connectivity index (χ3n) is 3.72. The zero-order valence-corrected chi connectivity index (χ0v) is 16.1. The molecule has 2 aromatic rings. The van der Waals surface area contributed by atoms with Crippen molar-refractivity contribution in [1.82, 2.24) is 5.43 Å². The van der Waals surface area contributed by atoms with Crippen molar-refractivity contribution in [2.75, 3.05) is 12.1 Å². The molecule has 27 heavy (non-hydrogen) atoms. The first kappa shape index (κ1) is 18.7. The van der Waals surface area contributed by atoms with Crippen molar-refractivity contribution in [2.24, 2.45) is 0 Å². The minimum Gasteiger partial charge on any atom is -0.493 e. The number of anilines is 1. The molecule has 0 spiro atoms. The van der Waals surface area contributed by atoms with Crippen molar-refractivity contribution >= 4 is 45.5 Å². The van der Waals surface area contributed by atoms with E-state index in [1.165, 1.54) is 20.1 Å². The van der Waals surface area contributed by atoms with Crippen LogP contribution in [0.3, 0.4) is 0 Å². The number of para-hydroxylation sites is 1. The molecule has 0 aromatic heterocycles. The summed E-state index contributed by atoms with van der Waals surface area (Å²) in [6.45, 7) is 1.25. The van der Waals surface area contributed by atoms with Crippen molar-refractivity contribution in [3.63, 3.8) is 0 Å². The van der Waals surface area contributed by atoms with E-state index < -0.39 is 17.8 Å². The van der Waals surface area contributed by atoms with Crippen molar-refractivity contribution < 1.29 is 23.9 Å². The highest BCUT2D eigenvalue weighted by molar-refractivity contribution is 9.10. The quantitative estimate of drug-likeness (QED) is 0.348. The van der Waals surface area contributed by atoms with Crippen molar-refractivity contribution in [3.05, 3.63) is 58.1 Å². The van der Waals surface area contributed by atoms with Gasteiger partial charge >= 0.3 is 5.97 Å². The molecule has 2 amide bonds. The predicted octanol–water partition coefficient (Wildman–Crippen LogP) is 2.84. The largest absolute Gasteiger partial charge is 0.493 e. The van der Waals surface area contributed by atoms with Crippen molar-refractivity contribution in [2.45, 2.75) is 6.92 Å². The predicted molar refractivity (Wildman–Crippen MR) is 102 cm³/mol. The Balaban J connectivity index is 2.06. The fraction of sp³-hybridized carbons (Fsp3) is 0.105. The lowest BCUT2D eigenvalue weighted by molar-refractivity contribution is -0.132. The molecule has 2 aromatic carbocycles. The summed E-state index contributed by atoms with van der Waals surface area (Å²) >= 11 is 3.34. The van der Waals surface area contributed by atoms with E-state index in [1.54, 1.807) is 36.4 Å². The maximum absolute atomic E-state index is 12.7. The number of nitrogens with zero attached hydrogens (tertiary/aromatic N) is 1. The minimum atomic E-state index is -0.559. The van der Waals surface area contributed by atoms with Gasteiger partial charge in [0, 0.05) is 17.0 Å². The maximum atomic E-state index is 12.7. The third kappa shape index (κ3) is 3.85. The van der Waals surface area contributed by atoms with Gasteiger partial charge < -0.3 is 9.47 Å². The molecule has 1 aliphatic heterocycles. The van der Waals surface area contributed by atoms with Gasteiger partial charge in [0.25, 0.3) is 11.8 Å². The number of carbonyl (C=O) groups excluding carboxylic acids is 3. The molecule has 1 fully saturated rings. The highest BCUT2D eigenvalue weighted by Gasteiger charge is 2.34. The Bertz CT molecular complexity index is 956. The molecule has 3 rings (SSSR count). The Hall–Kier alpha value is -3.13. The second kappa shape index (κ2) is 7.63. The van der Waals surface area contributed by atoms with Crippen LogP contribution in [-0.4, -0.2) is 24.9 Å². The number of ether oxygens (including phenoxy) is 2. The lowest BCUT2D eigenvalue weighted by atomic mass is 10.1. The summed E-state index contributed by atoms with van der Waals surface area (Å²) in [7, 11) is 1.43. The van der Waals surface area contributed by atoms with Gasteiger partial charge in [-0.05, 0) is 30.3 Å². The van der Waals surface area contributed by atoms with E-state index in [-0.39, 0.29) is 17.1 Å². The molecule has 0 aliphatic carbocycles. The van der Waals surface area contributed by atoms with E-state index in [9.17, 15) is 14.4 Å². The van der Waals surface area contributed by atoms with E-state index >= 15 is 0 Å². The Morgan fingerprint density at radius 3 is 2.52 bits per heavy atom. The molecule has 0 radical (unpaired) electrons. The summed E-state index contributed by atoms with van der Waals surface area (Å²) in [5.41, 5.74) is 3.31. The highest BCUT2D eigenvalue weighted by Crippen LogP contribution is 2.37. The van der Waals surface area contributed by atoms with Crippen LogP contribution in [0.2, 0.25) is 0 Å². The Labute approximate surface area is 163 Å². The van der Waals surface area contributed by atoms with Gasteiger partial charge in [-0.25, -0.2) is 5.01 Å². The van der Waals surface area contributed by atoms with Crippen LogP contribution in [0.25, 0.3) is 6.08 Å². The van der Waals surface area contributed by atoms with Crippen molar-refractivity contribution in [1.29, 1.82) is 0 Å². The number of benzene rings is 2. The summed E-state index contributed by atoms with van der Waals surface area (Å²) in [6.07, 6.45) is 1.37. The smallest absolute Gasteiger partial charge is 0.308 e. The molecule has 7 nitrogen and oxygen atoms in total. The number of hydrogen-bond donors (Lipinski definition) is 1. The van der Waals surface area contributed by atoms with Crippen LogP contribution in [0.4, 0.5) is 5.69 Å². The van der Waals surface area contributed by atoms with E-state index in [0.29, 0.717) is 15.7 Å². The van der Waals surface area contributed by atoms with E-state index in [0.717, 1.165) is 5.01 Å². The fourth-order valence-corrected chi connectivity index (χ4v) is 3.03. The molecule has 1 heterocycles. The van der Waals surface area contributed by atoms with Crippen LogP contribution in [-0.2, 0) is 14.4 Å². The summed E-state index contributed by atoms with van der Waals surface area (Å²) in [4.78, 5) is 36.5. The van der Waals surface area contributed by atoms with Gasteiger partial charge in [-0.2, -0.15) is 0 Å². The first-order valence-electron chi connectivity index (χ1n) is 7.89. The fourth-order valence-electron chi connectivity index (χ4n) is 2.57. The Morgan fingerprint density at radius 2 is 1.89 bits per heavy atom. The molecule has 0 unspecified atom stereocenters. The van der Waals surface area contributed by atoms with Gasteiger partial charge in [0.1, 0.15) is 5.57 Å². The molecule has 1 aliphatic rings. The summed E-state index contributed by atoms with van der Waals surface area (Å²) in [6, 6.07) is 12.0. The SMILES string of the molecule is COc1cc(Br)cc(/C=C2/C(=O)NN(c3ccccc3)C2=O)c1OC(C)=O. The zero-order chi connectivity index (χ0) is 19.6. The Morgan fingerprint density at radius 1 is 1.19 bits per heavy atom. The summed E-state index contributed by atoms with van der Waals surface area (Å²) < 4.78 is 11.1. The van der Waals surface area contributed by atoms with Gasteiger partial charge in [0.05, 0.1) is 12.8 Å². The molecule has 0 atom stereocenters. The highest BCUT2D eigenvalue weighted by atomic mass is 79.9. The second-order valence-corrected chi connectivity index (χ2v) is 6.51. The molecular weight excluding hydrogens is 416 g/mol. The molecule has 8 heteroatoms. The topological polar surface area (TPSA) is 84.9 Å². The lowest BCUT2D eigenvalue weighted by Crippen LogP contribution is -2.35. The van der Waals surface area contributed by atoms with Gasteiger partial charge in [0.15, 0.2) is 11.5 Å². The number of carbonyl (C=O) groups is 3. The number of methoxy groups -OCH3 is 1. The maximum Gasteiger partial charge on any atom is 0.308 e. The Kier molecular flexibility index (Phi) is 5.27. The van der Waals surface area contributed by atoms with Crippen molar-refractivity contribution in [3.8, 4) is 11.5 Å². The van der Waals surface area contributed by atoms with E-state index in [1.807, 2.05) is 6.07 Å². The number of esters is 1. The standard InChI is InChI=1S/C19H15BrN2O5/c1-11(23)27-17-12(8-13(20)10-16(17)26-2)9-15-18(24)21-22(19(15)25)14-6-4-3-5-7-14/h3-10H,1-2H3,(H,21,24)/b15-9-. The number of rotatable bonds is 4. The first-order valence-corrected chi connectivity index (χ1v) is 8.68. The van der Waals surface area contributed by atoms with Crippen LogP contribution in [0.15, 0.2) is 52.5 Å². The second-order valence-electron chi connectivity index (χ2n) is 5.60. The van der Waals surface area contributed by atoms with Gasteiger partial charge in [-0.15, -0.1) is 0 Å². The molecule has 1 N–H and O–H groups in total. The van der Waals surface area contributed by atoms with Crippen LogP contribution >= 0.6 is 15.9 Å². The number of hydrogen-bond acceptors (Lipinski definition) is 5. The van der Waals surface area contributed by atoms with Crippen LogP contribution < -0.4 is 19.9 Å². The molecular formula is C19H15BrN2O5. The normalized spacial score (nSPS) is 15.1. The van der Waals surface area contributed by atoms with Crippen LogP contribution in [0, 0.1) is 0 Å². The zero-order valence-electron chi connectivity index (χ0n) is 14.5. The monoisotopic (exact) mass is 430 g/mol. The minimum absolute atomic E-state index is 0.0904. The lowest BCUT2D eigenvalue weighted by Gasteiger charge is -2.14. The third-order valence-corrected chi connectivity index (χ3v) is 4.18. The molecule has 0 bridgehead atoms. The summed E-state index contributed by atoms with van der Waals surface area (Å²) in [5, 5.41) is 1.16. The van der Waals surface area contributed by atoms with E-state index in [4.69, 9.17) is 9.47 Å². The van der Waals surface area contributed by atoms with Gasteiger partial charge in [0.2, 0.25) is 0 Å². The van der Waals surface area contributed by atoms with Gasteiger partial charge in [-0.3, -0.25) is 19.8 Å². The average Bonchev–Trinajstić information content (AvgIpc) is 2.92. The number of nitrogens with one attached hydrogen (secondary N) is 1. The average molecular weight is 431 g/mol. The van der Waals surface area contributed by atoms with Crippen LogP contribution in [0.5, 0.6) is 11.5 Å². The first-order chi connectivity index (χ1) is 12.9. The number of halogens is 1. The van der Waals surface area contributed by atoms with Gasteiger partial charge in [-0.1, -0.05) is 34.1 Å². The molecule has 0 saturated carbocycles. The summed E-state index contributed by atoms with van der Waals surface area (Å²) in [5.74, 6) is -1.21. The van der Waals surface area contributed by atoms with E-state index in [2.05, 4.69) is 21.4 Å². The number of hydrazine groups is 1. The number of amides is 2. The molecule has 1 saturated heterocycles.